The number of rotatable bonds is 2. The van der Waals surface area contributed by atoms with Crippen LogP contribution in [-0.4, -0.2) is 5.71 Å². The normalized spacial score (nSPS) is 9.47. The molecule has 0 fully saturated rings. The summed E-state index contributed by atoms with van der Waals surface area (Å²) >= 11 is 0. The number of ether oxygens (including phenoxy) is 1. The fourth-order valence-electron chi connectivity index (χ4n) is 0.645. The molecule has 0 aliphatic heterocycles. The summed E-state index contributed by atoms with van der Waals surface area (Å²) in [6.07, 6.45) is 0. The third-order valence-corrected chi connectivity index (χ3v) is 1.71. The van der Waals surface area contributed by atoms with Crippen LogP contribution in [0.2, 0.25) is 0 Å². The van der Waals surface area contributed by atoms with Crippen molar-refractivity contribution >= 4 is 13.3 Å². The maximum atomic E-state index is 10.5. The van der Waals surface area contributed by atoms with Crippen molar-refractivity contribution in [1.82, 2.24) is 0 Å². The van der Waals surface area contributed by atoms with Gasteiger partial charge in [-0.3, -0.25) is 0 Å². The van der Waals surface area contributed by atoms with E-state index in [1.54, 1.807) is 18.2 Å². The topological polar surface area (TPSA) is 89.5 Å². The van der Waals surface area contributed by atoms with Crippen molar-refractivity contribution in [3.05, 3.63) is 30.3 Å². The van der Waals surface area contributed by atoms with E-state index in [4.69, 9.17) is 0 Å². The van der Waals surface area contributed by atoms with Crippen LogP contribution in [-0.2, 0) is 4.57 Å². The van der Waals surface area contributed by atoms with Crippen molar-refractivity contribution < 1.29 is 83.0 Å². The van der Waals surface area contributed by atoms with Gasteiger partial charge in [-0.2, -0.15) is 0 Å². The average Bonchev–Trinajstić information content (AvgIpc) is 2.04. The van der Waals surface area contributed by atoms with Gasteiger partial charge in [0.2, 0.25) is 0 Å². The maximum Gasteiger partial charge on any atom is 1.00 e. The number of carbonyl (C=O) groups is 1. The SMILES string of the molecule is O=C(Oc1ccccc1)P(=O)([O-])[O-].[Na+].[Na+]. The Labute approximate surface area is 131 Å². The maximum absolute atomic E-state index is 10.5. The van der Waals surface area contributed by atoms with Gasteiger partial charge in [-0.05, 0) is 12.1 Å². The summed E-state index contributed by atoms with van der Waals surface area (Å²) in [5.74, 6) is 0.0272. The van der Waals surface area contributed by atoms with E-state index in [1.165, 1.54) is 12.1 Å². The quantitative estimate of drug-likeness (QED) is 0.383. The smallest absolute Gasteiger partial charge is 0.803 e. The van der Waals surface area contributed by atoms with Crippen molar-refractivity contribution in [3.63, 3.8) is 0 Å². The molecule has 0 saturated heterocycles. The third kappa shape index (κ3) is 6.89. The molecule has 0 amide bonds. The van der Waals surface area contributed by atoms with Crippen LogP contribution in [0.3, 0.4) is 0 Å². The van der Waals surface area contributed by atoms with E-state index in [-0.39, 0.29) is 64.9 Å². The third-order valence-electron chi connectivity index (χ3n) is 1.17. The van der Waals surface area contributed by atoms with E-state index in [0.717, 1.165) is 0 Å². The first-order chi connectivity index (χ1) is 6.00. The van der Waals surface area contributed by atoms with Gasteiger partial charge in [-0.25, -0.2) is 4.79 Å². The van der Waals surface area contributed by atoms with E-state index in [2.05, 4.69) is 4.74 Å². The summed E-state index contributed by atoms with van der Waals surface area (Å²) < 4.78 is 14.4. The van der Waals surface area contributed by atoms with Crippen LogP contribution in [0.15, 0.2) is 30.3 Å². The molecule has 1 aromatic rings. The molecule has 0 N–H and O–H groups in total. The van der Waals surface area contributed by atoms with Gasteiger partial charge < -0.3 is 19.1 Å². The molecule has 0 aromatic heterocycles. The minimum Gasteiger partial charge on any atom is -0.803 e. The van der Waals surface area contributed by atoms with E-state index in [0.29, 0.717) is 0 Å². The van der Waals surface area contributed by atoms with Crippen LogP contribution in [0.1, 0.15) is 0 Å². The second kappa shape index (κ2) is 8.01. The zero-order chi connectivity index (χ0) is 9.90. The first kappa shape index (κ1) is 18.2. The summed E-state index contributed by atoms with van der Waals surface area (Å²) in [5, 5.41) is 0. The molecule has 1 aromatic carbocycles. The first-order valence-electron chi connectivity index (χ1n) is 3.29. The molecule has 0 unspecified atom stereocenters. The Hall–Kier alpha value is 0.840. The molecule has 15 heavy (non-hydrogen) atoms. The summed E-state index contributed by atoms with van der Waals surface area (Å²) in [5.41, 5.74) is -1.77. The molecule has 70 valence electrons. The molecular formula is C7H5Na2O5P. The van der Waals surface area contributed by atoms with Gasteiger partial charge in [-0.15, -0.1) is 0 Å². The zero-order valence-corrected chi connectivity index (χ0v) is 13.3. The predicted molar refractivity (Wildman–Crippen MR) is 40.1 cm³/mol. The fraction of sp³-hybridized carbons (Fsp3) is 0. The second-order valence-corrected chi connectivity index (χ2v) is 3.54. The molecule has 0 radical (unpaired) electrons. The van der Waals surface area contributed by atoms with Crippen molar-refractivity contribution in [2.24, 2.45) is 0 Å². The monoisotopic (exact) mass is 246 g/mol. The second-order valence-electron chi connectivity index (χ2n) is 2.18. The molecule has 0 bridgehead atoms. The number of benzene rings is 1. The van der Waals surface area contributed by atoms with Crippen molar-refractivity contribution in [3.8, 4) is 5.75 Å². The van der Waals surface area contributed by atoms with Crippen LogP contribution in [0.4, 0.5) is 4.79 Å². The van der Waals surface area contributed by atoms with E-state index in [1.807, 2.05) is 0 Å². The molecular weight excluding hydrogens is 241 g/mol. The molecule has 0 aliphatic carbocycles. The van der Waals surface area contributed by atoms with Gasteiger partial charge in [0.05, 0.1) is 0 Å². The Morgan fingerprint density at radius 2 is 1.60 bits per heavy atom. The van der Waals surface area contributed by atoms with Gasteiger partial charge >= 0.3 is 64.8 Å². The van der Waals surface area contributed by atoms with Gasteiger partial charge in [0, 0.05) is 7.60 Å². The fourth-order valence-corrected chi connectivity index (χ4v) is 0.862. The summed E-state index contributed by atoms with van der Waals surface area (Å²) in [7, 11) is -5.28. The molecule has 5 nitrogen and oxygen atoms in total. The Bertz CT molecular complexity index is 350. The molecule has 0 aliphatic rings. The predicted octanol–water partition coefficient (Wildman–Crippen LogP) is -5.89. The largest absolute Gasteiger partial charge is 1.00 e. The summed E-state index contributed by atoms with van der Waals surface area (Å²) in [4.78, 5) is 30.8. The minimum atomic E-state index is -5.28. The molecule has 8 heteroatoms. The number of para-hydroxylation sites is 1. The Morgan fingerprint density at radius 1 is 1.13 bits per heavy atom. The number of carbonyl (C=O) groups excluding carboxylic acids is 1. The standard InChI is InChI=1S/C7H7O5P.2Na/c8-7(13(9,10)11)12-6-4-2-1-3-5-6;;/h1-5H,(H2,9,10,11);;/q;2*+1/p-2. The van der Waals surface area contributed by atoms with Crippen molar-refractivity contribution in [1.29, 1.82) is 0 Å². The van der Waals surface area contributed by atoms with Gasteiger partial charge in [-0.1, -0.05) is 18.2 Å². The Balaban J connectivity index is 0. The van der Waals surface area contributed by atoms with Crippen molar-refractivity contribution in [2.75, 3.05) is 0 Å². The zero-order valence-electron chi connectivity index (χ0n) is 8.38. The molecule has 1 rings (SSSR count). The van der Waals surface area contributed by atoms with E-state index >= 15 is 0 Å². The van der Waals surface area contributed by atoms with Crippen molar-refractivity contribution in [2.45, 2.75) is 0 Å². The molecule has 0 saturated carbocycles. The van der Waals surface area contributed by atoms with Crippen LogP contribution in [0, 0.1) is 0 Å². The first-order valence-corrected chi connectivity index (χ1v) is 4.84. The Morgan fingerprint density at radius 3 is 2.00 bits per heavy atom. The minimum absolute atomic E-state index is 0. The van der Waals surface area contributed by atoms with Crippen LogP contribution >= 0.6 is 7.60 Å². The van der Waals surface area contributed by atoms with Crippen LogP contribution < -0.4 is 73.6 Å². The van der Waals surface area contributed by atoms with Crippen LogP contribution in [0.25, 0.3) is 0 Å². The molecule has 0 heterocycles. The van der Waals surface area contributed by atoms with Gasteiger partial charge in [0.25, 0.3) is 0 Å². The average molecular weight is 246 g/mol. The Kier molecular flexibility index (Phi) is 9.72. The molecule has 0 atom stereocenters. The summed E-state index contributed by atoms with van der Waals surface area (Å²) in [6.45, 7) is 0. The van der Waals surface area contributed by atoms with Gasteiger partial charge in [0.15, 0.2) is 0 Å². The number of hydrogen-bond donors (Lipinski definition) is 0. The number of hydrogen-bond acceptors (Lipinski definition) is 5. The van der Waals surface area contributed by atoms with E-state index in [9.17, 15) is 19.1 Å². The van der Waals surface area contributed by atoms with Crippen LogP contribution in [0.5, 0.6) is 5.75 Å². The molecule has 0 spiro atoms. The van der Waals surface area contributed by atoms with Gasteiger partial charge in [0.1, 0.15) is 5.75 Å². The van der Waals surface area contributed by atoms with E-state index < -0.39 is 13.3 Å². The summed E-state index contributed by atoms with van der Waals surface area (Å²) in [6, 6.07) is 7.48.